The van der Waals surface area contributed by atoms with Crippen molar-refractivity contribution in [1.29, 1.82) is 0 Å². The number of carbonyl (C=O) groups excluding carboxylic acids is 2. The maximum atomic E-state index is 13.2. The molecule has 0 radical (unpaired) electrons. The number of carbonyl (C=O) groups is 2. The van der Waals surface area contributed by atoms with E-state index >= 15 is 0 Å². The minimum atomic E-state index is -4.79. The summed E-state index contributed by atoms with van der Waals surface area (Å²) in [5.74, 6) is -1.47. The zero-order valence-electron chi connectivity index (χ0n) is 19.6. The summed E-state index contributed by atoms with van der Waals surface area (Å²) in [6.07, 6.45) is -3.53. The van der Waals surface area contributed by atoms with Gasteiger partial charge in [0, 0.05) is 6.07 Å². The van der Waals surface area contributed by atoms with E-state index in [4.69, 9.17) is 33.3 Å². The molecule has 4 rings (SSSR count). The Hall–Kier alpha value is -4.49. The molecule has 0 bridgehead atoms. The highest BCUT2D eigenvalue weighted by molar-refractivity contribution is 7.80. The third kappa shape index (κ3) is 5.84. The van der Waals surface area contributed by atoms with Gasteiger partial charge >= 0.3 is 11.9 Å². The lowest BCUT2D eigenvalue weighted by atomic mass is 10.1. The molecule has 2 amide bonds. The minimum absolute atomic E-state index is 0.0928. The number of hydrogen-bond acceptors (Lipinski definition) is 7. The number of halogens is 4. The first-order valence-electron chi connectivity index (χ1n) is 10.8. The Labute approximate surface area is 228 Å². The van der Waals surface area contributed by atoms with Crippen LogP contribution in [0, 0.1) is 10.1 Å². The highest BCUT2D eigenvalue weighted by Gasteiger charge is 2.35. The molecule has 200 valence electrons. The lowest BCUT2D eigenvalue weighted by Crippen LogP contribution is -2.54. The van der Waals surface area contributed by atoms with E-state index in [-0.39, 0.29) is 27.0 Å². The molecule has 9 nitrogen and oxygen atoms in total. The fourth-order valence-electron chi connectivity index (χ4n) is 3.52. The number of nitro benzene ring substituents is 1. The summed E-state index contributed by atoms with van der Waals surface area (Å²) in [4.78, 5) is 37.2. The molecule has 1 aliphatic rings. The van der Waals surface area contributed by atoms with Gasteiger partial charge in [-0.2, -0.15) is 13.2 Å². The first-order chi connectivity index (χ1) is 18.4. The Balaban J connectivity index is 1.62. The fourth-order valence-corrected chi connectivity index (χ4v) is 4.03. The number of methoxy groups -OCH3 is 1. The second kappa shape index (κ2) is 10.7. The minimum Gasteiger partial charge on any atom is -0.497 e. The van der Waals surface area contributed by atoms with Crippen LogP contribution in [0.15, 0.2) is 66.2 Å². The van der Waals surface area contributed by atoms with E-state index in [2.05, 4.69) is 5.32 Å². The van der Waals surface area contributed by atoms with Gasteiger partial charge in [-0.1, -0.05) is 17.7 Å². The van der Waals surface area contributed by atoms with Crippen LogP contribution in [0.1, 0.15) is 11.1 Å². The predicted molar refractivity (Wildman–Crippen MR) is 139 cm³/mol. The molecule has 3 aromatic carbocycles. The number of nitrogens with one attached hydrogen (secondary N) is 1. The van der Waals surface area contributed by atoms with E-state index < -0.39 is 39.9 Å². The van der Waals surface area contributed by atoms with Crippen molar-refractivity contribution in [2.45, 2.75) is 6.18 Å². The van der Waals surface area contributed by atoms with E-state index in [0.717, 1.165) is 11.0 Å². The molecule has 1 saturated heterocycles. The number of hydrogen-bond donors (Lipinski definition) is 1. The molecule has 1 fully saturated rings. The molecule has 14 heteroatoms. The molecular formula is C25H15ClF3N3O6S. The largest absolute Gasteiger partial charge is 0.497 e. The van der Waals surface area contributed by atoms with Crippen molar-refractivity contribution >= 4 is 58.2 Å². The zero-order valence-corrected chi connectivity index (χ0v) is 21.2. The van der Waals surface area contributed by atoms with Crippen LogP contribution in [0.5, 0.6) is 17.2 Å². The molecule has 39 heavy (non-hydrogen) atoms. The molecule has 1 aliphatic heterocycles. The third-order valence-electron chi connectivity index (χ3n) is 5.40. The normalized spacial score (nSPS) is 14.8. The summed E-state index contributed by atoms with van der Waals surface area (Å²) >= 11 is 11.4. The van der Waals surface area contributed by atoms with Gasteiger partial charge in [0.1, 0.15) is 17.1 Å². The molecule has 1 heterocycles. The fraction of sp³-hybridized carbons (Fsp3) is 0.0800. The Morgan fingerprint density at radius 2 is 1.72 bits per heavy atom. The lowest BCUT2D eigenvalue weighted by molar-refractivity contribution is -0.385. The summed E-state index contributed by atoms with van der Waals surface area (Å²) in [5, 5.41) is 13.6. The second-order valence-corrected chi connectivity index (χ2v) is 8.68. The maximum absolute atomic E-state index is 13.2. The third-order valence-corrected chi connectivity index (χ3v) is 5.98. The number of ether oxygens (including phenoxy) is 2. The van der Waals surface area contributed by atoms with Crippen molar-refractivity contribution in [2.75, 3.05) is 12.0 Å². The molecular weight excluding hydrogens is 563 g/mol. The molecule has 0 unspecified atom stereocenters. The summed E-state index contributed by atoms with van der Waals surface area (Å²) < 4.78 is 49.4. The van der Waals surface area contributed by atoms with Crippen LogP contribution in [-0.4, -0.2) is 29.0 Å². The van der Waals surface area contributed by atoms with Gasteiger partial charge in [0.15, 0.2) is 5.11 Å². The van der Waals surface area contributed by atoms with Gasteiger partial charge in [-0.25, -0.2) is 0 Å². The summed E-state index contributed by atoms with van der Waals surface area (Å²) in [6.45, 7) is 0. The number of amides is 2. The van der Waals surface area contributed by atoms with Crippen LogP contribution < -0.4 is 19.7 Å². The van der Waals surface area contributed by atoms with E-state index in [1.54, 1.807) is 24.3 Å². The second-order valence-electron chi connectivity index (χ2n) is 7.89. The molecule has 0 aromatic heterocycles. The number of alkyl halides is 3. The molecule has 0 saturated carbocycles. The first-order valence-corrected chi connectivity index (χ1v) is 11.6. The quantitative estimate of drug-likeness (QED) is 0.128. The van der Waals surface area contributed by atoms with E-state index in [1.165, 1.54) is 31.4 Å². The Morgan fingerprint density at radius 3 is 2.31 bits per heavy atom. The van der Waals surface area contributed by atoms with Crippen molar-refractivity contribution in [3.05, 3.63) is 92.5 Å². The smallest absolute Gasteiger partial charge is 0.416 e. The van der Waals surface area contributed by atoms with Crippen LogP contribution in [0.2, 0.25) is 5.02 Å². The topological polar surface area (TPSA) is 111 Å². The van der Waals surface area contributed by atoms with Gasteiger partial charge in [0.2, 0.25) is 5.75 Å². The van der Waals surface area contributed by atoms with Crippen molar-refractivity contribution < 1.29 is 37.2 Å². The Kier molecular flexibility index (Phi) is 7.56. The highest BCUT2D eigenvalue weighted by Crippen LogP contribution is 2.39. The number of thiocarbonyl (C=S) groups is 1. The number of nitrogens with zero attached hydrogens (tertiary/aromatic N) is 2. The molecule has 0 atom stereocenters. The summed E-state index contributed by atoms with van der Waals surface area (Å²) in [6, 6.07) is 12.2. The van der Waals surface area contributed by atoms with Gasteiger partial charge in [0.25, 0.3) is 11.8 Å². The Morgan fingerprint density at radius 1 is 1.05 bits per heavy atom. The van der Waals surface area contributed by atoms with E-state index in [1.807, 2.05) is 0 Å². The van der Waals surface area contributed by atoms with Crippen molar-refractivity contribution in [3.8, 4) is 17.2 Å². The molecule has 0 aliphatic carbocycles. The number of anilines is 1. The van der Waals surface area contributed by atoms with Crippen LogP contribution >= 0.6 is 23.8 Å². The Bertz CT molecular complexity index is 1540. The van der Waals surface area contributed by atoms with Crippen LogP contribution in [0.25, 0.3) is 6.08 Å². The average Bonchev–Trinajstić information content (AvgIpc) is 2.87. The van der Waals surface area contributed by atoms with Crippen molar-refractivity contribution in [3.63, 3.8) is 0 Å². The van der Waals surface area contributed by atoms with E-state index in [0.29, 0.717) is 23.6 Å². The van der Waals surface area contributed by atoms with Crippen LogP contribution in [-0.2, 0) is 15.8 Å². The molecule has 3 aromatic rings. The van der Waals surface area contributed by atoms with Gasteiger partial charge in [-0.15, -0.1) is 0 Å². The first kappa shape index (κ1) is 27.5. The van der Waals surface area contributed by atoms with E-state index in [9.17, 15) is 32.9 Å². The molecule has 1 N–H and O–H groups in total. The predicted octanol–water partition coefficient (Wildman–Crippen LogP) is 5.90. The molecule has 0 spiro atoms. The summed E-state index contributed by atoms with van der Waals surface area (Å²) in [5.41, 5.74) is -1.71. The van der Waals surface area contributed by atoms with Gasteiger partial charge in [-0.05, 0) is 72.4 Å². The maximum Gasteiger partial charge on any atom is 0.416 e. The number of nitro groups is 1. The van der Waals surface area contributed by atoms with Gasteiger partial charge in [-0.3, -0.25) is 29.9 Å². The zero-order chi connectivity index (χ0) is 28.5. The number of benzene rings is 3. The van der Waals surface area contributed by atoms with Crippen LogP contribution in [0.3, 0.4) is 0 Å². The van der Waals surface area contributed by atoms with Crippen LogP contribution in [0.4, 0.5) is 24.5 Å². The van der Waals surface area contributed by atoms with Crippen molar-refractivity contribution in [1.82, 2.24) is 5.32 Å². The average molecular weight is 578 g/mol. The van der Waals surface area contributed by atoms with Gasteiger partial charge < -0.3 is 9.47 Å². The number of rotatable bonds is 6. The standard InChI is InChI=1S/C25H15ClF3N3O6S/c1-37-16-6-4-15(5-7-16)31-23(34)17(22(33)30-24(31)39)10-13-2-8-20(18(26)11-13)38-21-9-3-14(25(27,28)29)12-19(21)32(35)36/h2-12H,1H3,(H,30,33,39)/b17-10+. The SMILES string of the molecule is COc1ccc(N2C(=O)/C(=C/c3ccc(Oc4ccc(C(F)(F)F)cc4[N+](=O)[O-])c(Cl)c3)C(=O)NC2=S)cc1. The lowest BCUT2D eigenvalue weighted by Gasteiger charge is -2.29. The highest BCUT2D eigenvalue weighted by atomic mass is 35.5. The summed E-state index contributed by atoms with van der Waals surface area (Å²) in [7, 11) is 1.49. The van der Waals surface area contributed by atoms with Crippen molar-refractivity contribution in [2.24, 2.45) is 0 Å². The van der Waals surface area contributed by atoms with Gasteiger partial charge in [0.05, 0.1) is 28.3 Å². The monoisotopic (exact) mass is 577 g/mol.